The van der Waals surface area contributed by atoms with Crippen molar-refractivity contribution in [2.75, 3.05) is 51.0 Å². The van der Waals surface area contributed by atoms with Crippen molar-refractivity contribution in [1.82, 2.24) is 19.9 Å². The van der Waals surface area contributed by atoms with Crippen molar-refractivity contribution in [3.8, 4) is 11.5 Å². The Morgan fingerprint density at radius 1 is 0.935 bits per heavy atom. The molecule has 4 rings (SSSR count). The highest BCUT2D eigenvalue weighted by atomic mass is 35.5. The fraction of sp³-hybridized carbons (Fsp3) is 0.350. The summed E-state index contributed by atoms with van der Waals surface area (Å²) in [6.07, 6.45) is 1.83. The molecule has 3 aromatic rings. The van der Waals surface area contributed by atoms with Gasteiger partial charge in [-0.3, -0.25) is 9.88 Å². The van der Waals surface area contributed by atoms with Gasteiger partial charge >= 0.3 is 0 Å². The Bertz CT molecular complexity index is 972. The molecule has 2 aromatic heterocycles. The number of rotatable bonds is 5. The van der Waals surface area contributed by atoms with Crippen LogP contribution in [0.1, 0.15) is 5.69 Å². The molecule has 0 radical (unpaired) electrons. The molecule has 0 atom stereocenters. The van der Waals surface area contributed by atoms with E-state index in [4.69, 9.17) is 20.2 Å². The minimum Gasteiger partial charge on any atom is -0.493 e. The van der Waals surface area contributed by atoms with Gasteiger partial charge in [-0.15, -0.1) is 37.2 Å². The van der Waals surface area contributed by atoms with Crippen molar-refractivity contribution in [2.24, 2.45) is 0 Å². The van der Waals surface area contributed by atoms with E-state index >= 15 is 0 Å². The van der Waals surface area contributed by atoms with E-state index in [1.165, 1.54) is 0 Å². The van der Waals surface area contributed by atoms with E-state index in [1.54, 1.807) is 14.2 Å². The summed E-state index contributed by atoms with van der Waals surface area (Å²) < 4.78 is 10.7. The first-order chi connectivity index (χ1) is 13.7. The van der Waals surface area contributed by atoms with E-state index in [0.717, 1.165) is 49.3 Å². The van der Waals surface area contributed by atoms with Crippen molar-refractivity contribution >= 4 is 59.9 Å². The van der Waals surface area contributed by atoms with Gasteiger partial charge < -0.3 is 20.1 Å². The molecule has 31 heavy (non-hydrogen) atoms. The zero-order chi connectivity index (χ0) is 19.5. The molecular formula is C20H27Cl3N6O2. The summed E-state index contributed by atoms with van der Waals surface area (Å²) in [5.74, 6) is 2.33. The molecule has 11 heteroatoms. The predicted molar refractivity (Wildman–Crippen MR) is 131 cm³/mol. The van der Waals surface area contributed by atoms with Gasteiger partial charge in [-0.25, -0.2) is 4.98 Å². The van der Waals surface area contributed by atoms with Gasteiger partial charge in [-0.2, -0.15) is 4.98 Å². The van der Waals surface area contributed by atoms with Gasteiger partial charge in [0.25, 0.3) is 0 Å². The van der Waals surface area contributed by atoms with Gasteiger partial charge in [0, 0.05) is 50.4 Å². The first-order valence-corrected chi connectivity index (χ1v) is 9.24. The van der Waals surface area contributed by atoms with Gasteiger partial charge in [0.1, 0.15) is 5.82 Å². The lowest BCUT2D eigenvalue weighted by molar-refractivity contribution is 0.246. The molecule has 1 aliphatic rings. The topological polar surface area (TPSA) is 89.6 Å². The maximum absolute atomic E-state index is 6.22. The van der Waals surface area contributed by atoms with E-state index in [2.05, 4.69) is 25.8 Å². The number of hydrogen-bond acceptors (Lipinski definition) is 8. The van der Waals surface area contributed by atoms with E-state index < -0.39 is 0 Å². The third kappa shape index (κ3) is 5.92. The highest BCUT2D eigenvalue weighted by Crippen LogP contribution is 2.34. The number of aromatic nitrogens is 3. The highest BCUT2D eigenvalue weighted by molar-refractivity contribution is 5.91. The average molecular weight is 490 g/mol. The van der Waals surface area contributed by atoms with Crippen molar-refractivity contribution in [2.45, 2.75) is 6.54 Å². The Kier molecular flexibility index (Phi) is 10.3. The first-order valence-electron chi connectivity index (χ1n) is 9.24. The zero-order valence-electron chi connectivity index (χ0n) is 17.4. The minimum atomic E-state index is 0. The molecule has 1 fully saturated rings. The second-order valence-electron chi connectivity index (χ2n) is 6.72. The van der Waals surface area contributed by atoms with Crippen LogP contribution in [0, 0.1) is 0 Å². The molecule has 0 spiro atoms. The van der Waals surface area contributed by atoms with Gasteiger partial charge in [-0.05, 0) is 18.2 Å². The van der Waals surface area contributed by atoms with E-state index in [-0.39, 0.29) is 37.2 Å². The van der Waals surface area contributed by atoms with E-state index in [9.17, 15) is 0 Å². The number of nitrogens with two attached hydrogens (primary N) is 1. The van der Waals surface area contributed by atoms with E-state index in [0.29, 0.717) is 23.3 Å². The Balaban J connectivity index is 0.00000160. The van der Waals surface area contributed by atoms with Gasteiger partial charge in [-0.1, -0.05) is 6.07 Å². The van der Waals surface area contributed by atoms with Crippen LogP contribution in [0.4, 0.5) is 11.8 Å². The zero-order valence-corrected chi connectivity index (χ0v) is 19.8. The maximum atomic E-state index is 6.22. The van der Waals surface area contributed by atoms with Crippen LogP contribution in [-0.2, 0) is 6.54 Å². The van der Waals surface area contributed by atoms with Crippen molar-refractivity contribution in [3.05, 3.63) is 42.2 Å². The maximum Gasteiger partial charge on any atom is 0.227 e. The summed E-state index contributed by atoms with van der Waals surface area (Å²) >= 11 is 0. The fourth-order valence-corrected chi connectivity index (χ4v) is 3.43. The molecule has 1 aliphatic heterocycles. The van der Waals surface area contributed by atoms with Crippen molar-refractivity contribution in [1.29, 1.82) is 0 Å². The van der Waals surface area contributed by atoms with Crippen LogP contribution >= 0.6 is 37.2 Å². The summed E-state index contributed by atoms with van der Waals surface area (Å²) in [5.41, 5.74) is 8.05. The number of nitrogen functional groups attached to an aromatic ring is 1. The number of pyridine rings is 1. The van der Waals surface area contributed by atoms with Crippen LogP contribution in [0.2, 0.25) is 0 Å². The van der Waals surface area contributed by atoms with E-state index in [1.807, 2.05) is 30.5 Å². The lowest BCUT2D eigenvalue weighted by atomic mass is 10.2. The van der Waals surface area contributed by atoms with Crippen LogP contribution in [0.3, 0.4) is 0 Å². The summed E-state index contributed by atoms with van der Waals surface area (Å²) in [6, 6.07) is 9.67. The number of anilines is 2. The van der Waals surface area contributed by atoms with Crippen LogP contribution in [0.5, 0.6) is 11.5 Å². The van der Waals surface area contributed by atoms with Gasteiger partial charge in [0.15, 0.2) is 11.5 Å². The third-order valence-electron chi connectivity index (χ3n) is 4.99. The summed E-state index contributed by atoms with van der Waals surface area (Å²) in [5, 5.41) is 0.759. The van der Waals surface area contributed by atoms with Gasteiger partial charge in [0.05, 0.1) is 25.4 Å². The lowest BCUT2D eigenvalue weighted by Gasteiger charge is -2.34. The molecule has 1 saturated heterocycles. The number of benzene rings is 1. The Labute approximate surface area is 200 Å². The largest absolute Gasteiger partial charge is 0.493 e. The monoisotopic (exact) mass is 488 g/mol. The number of halogens is 3. The second-order valence-corrected chi connectivity index (χ2v) is 6.72. The summed E-state index contributed by atoms with van der Waals surface area (Å²) in [7, 11) is 3.20. The van der Waals surface area contributed by atoms with Crippen LogP contribution < -0.4 is 20.1 Å². The normalized spacial score (nSPS) is 13.5. The quantitative estimate of drug-likeness (QED) is 0.584. The Morgan fingerprint density at radius 3 is 2.23 bits per heavy atom. The first kappa shape index (κ1) is 26.8. The predicted octanol–water partition coefficient (Wildman–Crippen LogP) is 3.21. The van der Waals surface area contributed by atoms with Crippen molar-refractivity contribution in [3.63, 3.8) is 0 Å². The molecule has 0 bridgehead atoms. The van der Waals surface area contributed by atoms with Crippen molar-refractivity contribution < 1.29 is 9.47 Å². The standard InChI is InChI=1S/C20H24N6O2.3ClH/c1-27-17-11-15-16(12-18(17)28-2)23-20(24-19(15)21)26-9-7-25(8-10-26)13-14-5-3-4-6-22-14;;;/h3-6,11-12H,7-10,13H2,1-2H3,(H2,21,23,24);3*1H. The minimum absolute atomic E-state index is 0. The smallest absolute Gasteiger partial charge is 0.227 e. The number of fused-ring (bicyclic) bond motifs is 1. The number of piperazine rings is 1. The molecule has 170 valence electrons. The van der Waals surface area contributed by atoms with Crippen LogP contribution in [0.25, 0.3) is 10.9 Å². The lowest BCUT2D eigenvalue weighted by Crippen LogP contribution is -2.46. The molecule has 0 amide bonds. The number of nitrogens with zero attached hydrogens (tertiary/aromatic N) is 5. The summed E-state index contributed by atoms with van der Waals surface area (Å²) in [4.78, 5) is 18.2. The molecule has 8 nitrogen and oxygen atoms in total. The SMILES string of the molecule is COc1cc2nc(N3CCN(Cc4ccccn4)CC3)nc(N)c2cc1OC.Cl.Cl.Cl. The fourth-order valence-electron chi connectivity index (χ4n) is 3.43. The average Bonchev–Trinajstić information content (AvgIpc) is 2.74. The summed E-state index contributed by atoms with van der Waals surface area (Å²) in [6.45, 7) is 4.37. The Morgan fingerprint density at radius 2 is 1.61 bits per heavy atom. The molecule has 0 saturated carbocycles. The second kappa shape index (κ2) is 12.0. The van der Waals surface area contributed by atoms with Gasteiger partial charge in [0.2, 0.25) is 5.95 Å². The molecule has 1 aromatic carbocycles. The number of hydrogen-bond donors (Lipinski definition) is 1. The molecular weight excluding hydrogens is 463 g/mol. The Hall–Kier alpha value is -2.26. The molecule has 0 unspecified atom stereocenters. The number of methoxy groups -OCH3 is 2. The number of ether oxygens (including phenoxy) is 2. The molecule has 2 N–H and O–H groups in total. The van der Waals surface area contributed by atoms with Crippen LogP contribution in [0.15, 0.2) is 36.5 Å². The highest BCUT2D eigenvalue weighted by Gasteiger charge is 2.21. The van der Waals surface area contributed by atoms with Crippen LogP contribution in [-0.4, -0.2) is 60.3 Å². The third-order valence-corrected chi connectivity index (χ3v) is 4.99. The molecule has 3 heterocycles. The molecule has 0 aliphatic carbocycles.